The van der Waals surface area contributed by atoms with Crippen molar-refractivity contribution >= 4 is 29.2 Å². The molecule has 0 fully saturated rings. The van der Waals surface area contributed by atoms with Crippen LogP contribution in [0.2, 0.25) is 0 Å². The minimum absolute atomic E-state index is 0.0744. The molecule has 0 amide bonds. The number of rotatable bonds is 8. The highest BCUT2D eigenvalue weighted by atomic mass is 32.2. The fourth-order valence-corrected chi connectivity index (χ4v) is 2.74. The number of methoxy groups -OCH3 is 1. The molecule has 0 saturated carbocycles. The van der Waals surface area contributed by atoms with Gasteiger partial charge in [-0.2, -0.15) is 0 Å². The summed E-state index contributed by atoms with van der Waals surface area (Å²) >= 11 is 0.992. The molecule has 2 aromatic carbocycles. The van der Waals surface area contributed by atoms with E-state index in [9.17, 15) is 19.7 Å². The third kappa shape index (κ3) is 5.32. The first-order valence-corrected chi connectivity index (χ1v) is 8.19. The minimum Gasteiger partial charge on any atom is -0.497 e. The first kappa shape index (κ1) is 18.5. The molecule has 8 heteroatoms. The molecule has 130 valence electrons. The molecule has 0 aromatic heterocycles. The second kappa shape index (κ2) is 8.84. The van der Waals surface area contributed by atoms with Crippen LogP contribution in [-0.4, -0.2) is 36.1 Å². The molecule has 2 aromatic rings. The van der Waals surface area contributed by atoms with Crippen LogP contribution in [0.4, 0.5) is 5.69 Å². The Morgan fingerprint density at radius 3 is 2.44 bits per heavy atom. The summed E-state index contributed by atoms with van der Waals surface area (Å²) in [4.78, 5) is 34.5. The number of para-hydroxylation sites is 1. The van der Waals surface area contributed by atoms with Crippen molar-refractivity contribution in [1.29, 1.82) is 0 Å². The average Bonchev–Trinajstić information content (AvgIpc) is 2.64. The second-order valence-corrected chi connectivity index (χ2v) is 5.84. The maximum Gasteiger partial charge on any atom is 0.316 e. The van der Waals surface area contributed by atoms with Gasteiger partial charge in [-0.1, -0.05) is 12.1 Å². The minimum atomic E-state index is -0.620. The smallest absolute Gasteiger partial charge is 0.316 e. The van der Waals surface area contributed by atoms with Crippen molar-refractivity contribution in [2.75, 3.05) is 19.5 Å². The number of nitrogens with zero attached hydrogens (tertiary/aromatic N) is 1. The van der Waals surface area contributed by atoms with Crippen LogP contribution >= 0.6 is 11.8 Å². The van der Waals surface area contributed by atoms with E-state index in [1.165, 1.54) is 13.2 Å². The summed E-state index contributed by atoms with van der Waals surface area (Å²) in [6.07, 6.45) is 0. The molecule has 0 heterocycles. The monoisotopic (exact) mass is 361 g/mol. The van der Waals surface area contributed by atoms with Gasteiger partial charge in [0.25, 0.3) is 5.69 Å². The molecule has 0 unspecified atom stereocenters. The van der Waals surface area contributed by atoms with Gasteiger partial charge in [-0.3, -0.25) is 19.7 Å². The Morgan fingerprint density at radius 2 is 1.80 bits per heavy atom. The van der Waals surface area contributed by atoms with E-state index in [1.54, 1.807) is 42.5 Å². The van der Waals surface area contributed by atoms with Crippen LogP contribution in [0.3, 0.4) is 0 Å². The first-order valence-electron chi connectivity index (χ1n) is 7.20. The summed E-state index contributed by atoms with van der Waals surface area (Å²) in [5.41, 5.74) is 0.328. The Morgan fingerprint density at radius 1 is 1.12 bits per heavy atom. The van der Waals surface area contributed by atoms with E-state index in [-0.39, 0.29) is 23.8 Å². The van der Waals surface area contributed by atoms with Gasteiger partial charge in [0.05, 0.1) is 22.7 Å². The number of esters is 1. The van der Waals surface area contributed by atoms with Gasteiger partial charge in [0.2, 0.25) is 0 Å². The predicted molar refractivity (Wildman–Crippen MR) is 92.1 cm³/mol. The lowest BCUT2D eigenvalue weighted by Gasteiger charge is -2.06. The quantitative estimate of drug-likeness (QED) is 0.234. The summed E-state index contributed by atoms with van der Waals surface area (Å²) in [7, 11) is 1.52. The van der Waals surface area contributed by atoms with Crippen LogP contribution in [0, 0.1) is 10.1 Å². The standard InChI is InChI=1S/C17H15NO6S/c1-23-13-8-6-12(7-9-13)15(19)10-24-17(20)11-25-16-5-3-2-4-14(16)18(21)22/h2-9H,10-11H2,1H3. The molecular formula is C17H15NO6S. The molecule has 2 rings (SSSR count). The molecule has 0 radical (unpaired) electrons. The number of ether oxygens (including phenoxy) is 2. The predicted octanol–water partition coefficient (Wildman–Crippen LogP) is 3.12. The molecule has 7 nitrogen and oxygen atoms in total. The number of hydrogen-bond donors (Lipinski definition) is 0. The number of nitro benzene ring substituents is 1. The van der Waals surface area contributed by atoms with E-state index < -0.39 is 10.9 Å². The van der Waals surface area contributed by atoms with Gasteiger partial charge in [-0.15, -0.1) is 11.8 Å². The molecular weight excluding hydrogens is 346 g/mol. The van der Waals surface area contributed by atoms with Gasteiger partial charge in [0.15, 0.2) is 12.4 Å². The van der Waals surface area contributed by atoms with Gasteiger partial charge in [-0.25, -0.2) is 0 Å². The summed E-state index contributed by atoms with van der Waals surface area (Å²) in [6, 6.07) is 12.6. The number of nitro groups is 1. The molecule has 0 bridgehead atoms. The third-order valence-corrected chi connectivity index (χ3v) is 4.22. The van der Waals surface area contributed by atoms with Crippen molar-refractivity contribution in [1.82, 2.24) is 0 Å². The Labute approximate surface area is 148 Å². The van der Waals surface area contributed by atoms with E-state index in [1.807, 2.05) is 0 Å². The highest BCUT2D eigenvalue weighted by Gasteiger charge is 2.15. The summed E-state index contributed by atoms with van der Waals surface area (Å²) < 4.78 is 9.93. The van der Waals surface area contributed by atoms with Gasteiger partial charge in [0.1, 0.15) is 5.75 Å². The number of hydrogen-bond acceptors (Lipinski definition) is 7. The Bertz CT molecular complexity index is 775. The lowest BCUT2D eigenvalue weighted by Crippen LogP contribution is -2.15. The Balaban J connectivity index is 1.84. The average molecular weight is 361 g/mol. The maximum absolute atomic E-state index is 12.0. The molecule has 0 aliphatic heterocycles. The molecule has 0 atom stereocenters. The normalized spacial score (nSPS) is 10.1. The number of carbonyl (C=O) groups is 2. The summed E-state index contributed by atoms with van der Waals surface area (Å²) in [6.45, 7) is -0.386. The van der Waals surface area contributed by atoms with Crippen LogP contribution in [0.15, 0.2) is 53.4 Å². The Kier molecular flexibility index (Phi) is 6.53. The van der Waals surface area contributed by atoms with Crippen molar-refractivity contribution in [2.24, 2.45) is 0 Å². The van der Waals surface area contributed by atoms with Crippen LogP contribution in [-0.2, 0) is 9.53 Å². The molecule has 0 aliphatic rings. The number of Topliss-reactive ketones (excluding diaryl/α,β-unsaturated/α-hetero) is 1. The largest absolute Gasteiger partial charge is 0.497 e. The van der Waals surface area contributed by atoms with E-state index in [0.29, 0.717) is 16.2 Å². The van der Waals surface area contributed by atoms with Crippen molar-refractivity contribution in [3.8, 4) is 5.75 Å². The van der Waals surface area contributed by atoms with Crippen LogP contribution < -0.4 is 4.74 Å². The van der Waals surface area contributed by atoms with E-state index in [0.717, 1.165) is 11.8 Å². The zero-order valence-corrected chi connectivity index (χ0v) is 14.2. The van der Waals surface area contributed by atoms with Crippen molar-refractivity contribution in [3.05, 3.63) is 64.2 Å². The topological polar surface area (TPSA) is 95.7 Å². The fourth-order valence-electron chi connectivity index (χ4n) is 1.91. The van der Waals surface area contributed by atoms with Crippen LogP contribution in [0.1, 0.15) is 10.4 Å². The maximum atomic E-state index is 12.0. The van der Waals surface area contributed by atoms with E-state index >= 15 is 0 Å². The number of ketones is 1. The zero-order valence-electron chi connectivity index (χ0n) is 13.3. The second-order valence-electron chi connectivity index (χ2n) is 4.83. The molecule has 0 spiro atoms. The first-order chi connectivity index (χ1) is 12.0. The van der Waals surface area contributed by atoms with Crippen molar-refractivity contribution < 1.29 is 24.0 Å². The fraction of sp³-hybridized carbons (Fsp3) is 0.176. The molecule has 0 N–H and O–H groups in total. The number of carbonyl (C=O) groups excluding carboxylic acids is 2. The zero-order chi connectivity index (χ0) is 18.2. The van der Waals surface area contributed by atoms with Crippen molar-refractivity contribution in [2.45, 2.75) is 4.90 Å². The van der Waals surface area contributed by atoms with Crippen molar-refractivity contribution in [3.63, 3.8) is 0 Å². The lowest BCUT2D eigenvalue weighted by atomic mass is 10.1. The summed E-state index contributed by atoms with van der Waals surface area (Å²) in [5.74, 6) is -0.466. The lowest BCUT2D eigenvalue weighted by molar-refractivity contribution is -0.387. The van der Waals surface area contributed by atoms with Gasteiger partial charge >= 0.3 is 5.97 Å². The molecule has 25 heavy (non-hydrogen) atoms. The van der Waals surface area contributed by atoms with Gasteiger partial charge in [-0.05, 0) is 30.3 Å². The highest BCUT2D eigenvalue weighted by molar-refractivity contribution is 8.00. The van der Waals surface area contributed by atoms with Gasteiger partial charge < -0.3 is 9.47 Å². The Hall–Kier alpha value is -2.87. The van der Waals surface area contributed by atoms with Gasteiger partial charge in [0, 0.05) is 11.6 Å². The number of benzene rings is 2. The molecule has 0 aliphatic carbocycles. The highest BCUT2D eigenvalue weighted by Crippen LogP contribution is 2.28. The SMILES string of the molecule is COc1ccc(C(=O)COC(=O)CSc2ccccc2[N+](=O)[O-])cc1. The van der Waals surface area contributed by atoms with Crippen LogP contribution in [0.5, 0.6) is 5.75 Å². The summed E-state index contributed by atoms with van der Waals surface area (Å²) in [5, 5.41) is 10.9. The number of thioether (sulfide) groups is 1. The third-order valence-electron chi connectivity index (χ3n) is 3.18. The van der Waals surface area contributed by atoms with E-state index in [4.69, 9.17) is 9.47 Å². The molecule has 0 saturated heterocycles. The van der Waals surface area contributed by atoms with E-state index in [2.05, 4.69) is 0 Å². The van der Waals surface area contributed by atoms with Crippen LogP contribution in [0.25, 0.3) is 0 Å².